The third kappa shape index (κ3) is 6.79. The number of hydrogen-bond acceptors (Lipinski definition) is 7. The van der Waals surface area contributed by atoms with Gasteiger partial charge in [-0.15, -0.1) is 11.3 Å². The summed E-state index contributed by atoms with van der Waals surface area (Å²) in [6, 6.07) is 2.20. The summed E-state index contributed by atoms with van der Waals surface area (Å²) in [7, 11) is 0. The molecule has 32 heavy (non-hydrogen) atoms. The van der Waals surface area contributed by atoms with Gasteiger partial charge in [0.05, 0.1) is 5.39 Å². The van der Waals surface area contributed by atoms with E-state index in [2.05, 4.69) is 33.2 Å². The quantitative estimate of drug-likeness (QED) is 0.598. The summed E-state index contributed by atoms with van der Waals surface area (Å²) in [5.74, 6) is 1.19. The first-order valence-electron chi connectivity index (χ1n) is 11.5. The molecule has 0 aliphatic carbocycles. The highest BCUT2D eigenvalue weighted by molar-refractivity contribution is 7.18. The van der Waals surface area contributed by atoms with Gasteiger partial charge in [-0.25, -0.2) is 14.8 Å². The molecule has 0 saturated carbocycles. The van der Waals surface area contributed by atoms with Crippen molar-refractivity contribution in [1.82, 2.24) is 20.2 Å². The zero-order chi connectivity index (χ0) is 23.1. The fourth-order valence-corrected chi connectivity index (χ4v) is 4.66. The van der Waals surface area contributed by atoms with E-state index in [-0.39, 0.29) is 12.0 Å². The third-order valence-electron chi connectivity index (χ3n) is 5.38. The lowest BCUT2D eigenvalue weighted by molar-refractivity contribution is -0.131. The molecule has 9 heteroatoms. The van der Waals surface area contributed by atoms with Gasteiger partial charge in [0.2, 0.25) is 5.91 Å². The van der Waals surface area contributed by atoms with Crippen LogP contribution in [0.2, 0.25) is 0 Å². The Morgan fingerprint density at radius 2 is 1.88 bits per heavy atom. The number of rotatable bonds is 8. The molecule has 176 valence electrons. The fraction of sp³-hybridized carbons (Fsp3) is 0.652. The Kier molecular flexibility index (Phi) is 8.28. The number of amides is 2. The van der Waals surface area contributed by atoms with Crippen LogP contribution in [-0.2, 0) is 16.0 Å². The van der Waals surface area contributed by atoms with Crippen LogP contribution in [0.1, 0.15) is 58.3 Å². The predicted molar refractivity (Wildman–Crippen MR) is 128 cm³/mol. The lowest BCUT2D eigenvalue weighted by atomic mass is 10.1. The SMILES string of the molecule is CCc1cc2c(N3CCN(C(=O)CCCCCNC(=O)OC(C)(C)C)CC3)ncnc2s1. The van der Waals surface area contributed by atoms with Crippen LogP contribution in [0, 0.1) is 0 Å². The van der Waals surface area contributed by atoms with E-state index >= 15 is 0 Å². The molecule has 1 fully saturated rings. The minimum absolute atomic E-state index is 0.210. The summed E-state index contributed by atoms with van der Waals surface area (Å²) < 4.78 is 5.21. The van der Waals surface area contributed by atoms with Crippen molar-refractivity contribution in [1.29, 1.82) is 0 Å². The average Bonchev–Trinajstić information content (AvgIpc) is 3.18. The molecule has 2 aromatic heterocycles. The summed E-state index contributed by atoms with van der Waals surface area (Å²) >= 11 is 1.73. The minimum Gasteiger partial charge on any atom is -0.444 e. The van der Waals surface area contributed by atoms with Gasteiger partial charge < -0.3 is 19.9 Å². The number of aromatic nitrogens is 2. The molecule has 2 aromatic rings. The maximum absolute atomic E-state index is 12.6. The zero-order valence-electron chi connectivity index (χ0n) is 19.6. The van der Waals surface area contributed by atoms with Crippen LogP contribution >= 0.6 is 11.3 Å². The van der Waals surface area contributed by atoms with Crippen LogP contribution < -0.4 is 10.2 Å². The Labute approximate surface area is 194 Å². The van der Waals surface area contributed by atoms with Gasteiger partial charge in [-0.2, -0.15) is 0 Å². The summed E-state index contributed by atoms with van der Waals surface area (Å²) in [6.45, 7) is 11.3. The average molecular weight is 462 g/mol. The largest absolute Gasteiger partial charge is 0.444 e. The van der Waals surface area contributed by atoms with Gasteiger partial charge in [0.25, 0.3) is 0 Å². The molecule has 0 radical (unpaired) electrons. The number of alkyl carbamates (subject to hydrolysis) is 1. The molecule has 1 saturated heterocycles. The second-order valence-electron chi connectivity index (χ2n) is 9.09. The number of ether oxygens (including phenoxy) is 1. The van der Waals surface area contributed by atoms with Crippen molar-refractivity contribution < 1.29 is 14.3 Å². The Morgan fingerprint density at radius 3 is 2.56 bits per heavy atom. The van der Waals surface area contributed by atoms with Crippen molar-refractivity contribution >= 4 is 39.4 Å². The first-order valence-corrected chi connectivity index (χ1v) is 12.3. The van der Waals surface area contributed by atoms with Crippen molar-refractivity contribution in [2.24, 2.45) is 0 Å². The van der Waals surface area contributed by atoms with E-state index in [9.17, 15) is 9.59 Å². The van der Waals surface area contributed by atoms with Crippen molar-refractivity contribution in [2.75, 3.05) is 37.6 Å². The number of piperazine rings is 1. The van der Waals surface area contributed by atoms with Gasteiger partial charge in [0.1, 0.15) is 22.6 Å². The Bertz CT molecular complexity index is 916. The Balaban J connectivity index is 1.36. The summed E-state index contributed by atoms with van der Waals surface area (Å²) in [5.41, 5.74) is -0.484. The molecule has 3 rings (SSSR count). The summed E-state index contributed by atoms with van der Waals surface area (Å²) in [4.78, 5) is 39.7. The molecule has 1 aliphatic heterocycles. The highest BCUT2D eigenvalue weighted by Gasteiger charge is 2.23. The van der Waals surface area contributed by atoms with E-state index in [4.69, 9.17) is 4.74 Å². The summed E-state index contributed by atoms with van der Waals surface area (Å²) in [5, 5.41) is 3.88. The van der Waals surface area contributed by atoms with Crippen LogP contribution in [0.25, 0.3) is 10.2 Å². The number of nitrogens with zero attached hydrogens (tertiary/aromatic N) is 4. The normalized spacial score (nSPS) is 14.6. The lowest BCUT2D eigenvalue weighted by Crippen LogP contribution is -2.49. The van der Waals surface area contributed by atoms with Gasteiger partial charge >= 0.3 is 6.09 Å². The molecule has 0 atom stereocenters. The third-order valence-corrected chi connectivity index (χ3v) is 6.56. The Hall–Kier alpha value is -2.42. The number of hydrogen-bond donors (Lipinski definition) is 1. The highest BCUT2D eigenvalue weighted by atomic mass is 32.1. The van der Waals surface area contributed by atoms with Crippen LogP contribution in [0.3, 0.4) is 0 Å². The second kappa shape index (κ2) is 10.9. The zero-order valence-corrected chi connectivity index (χ0v) is 20.5. The maximum atomic E-state index is 12.6. The highest BCUT2D eigenvalue weighted by Crippen LogP contribution is 2.31. The van der Waals surface area contributed by atoms with E-state index in [0.29, 0.717) is 13.0 Å². The number of fused-ring (bicyclic) bond motifs is 1. The van der Waals surface area contributed by atoms with Gasteiger partial charge in [-0.1, -0.05) is 13.3 Å². The van der Waals surface area contributed by atoms with E-state index in [1.165, 1.54) is 4.88 Å². The standard InChI is InChI=1S/C23H35N5O3S/c1-5-17-15-18-20(25-16-26-21(18)32-17)28-13-11-27(12-14-28)19(29)9-7-6-8-10-24-22(30)31-23(2,3)4/h15-16H,5-14H2,1-4H3,(H,24,30). The number of nitrogens with one attached hydrogen (secondary N) is 1. The smallest absolute Gasteiger partial charge is 0.407 e. The predicted octanol–water partition coefficient (Wildman–Crippen LogP) is 3.99. The van der Waals surface area contributed by atoms with Crippen LogP contribution in [-0.4, -0.2) is 65.2 Å². The molecule has 1 aliphatic rings. The Morgan fingerprint density at radius 1 is 1.12 bits per heavy atom. The number of aryl methyl sites for hydroxylation is 1. The lowest BCUT2D eigenvalue weighted by Gasteiger charge is -2.35. The molecule has 0 bridgehead atoms. The number of carbonyl (C=O) groups excluding carboxylic acids is 2. The van der Waals surface area contributed by atoms with Gasteiger partial charge in [0.15, 0.2) is 0 Å². The molecule has 0 unspecified atom stereocenters. The molecular weight excluding hydrogens is 426 g/mol. The van der Waals surface area contributed by atoms with Gasteiger partial charge in [0, 0.05) is 44.0 Å². The second-order valence-corrected chi connectivity index (χ2v) is 10.2. The first kappa shape index (κ1) is 24.2. The molecule has 3 heterocycles. The van der Waals surface area contributed by atoms with Crippen molar-refractivity contribution in [3.8, 4) is 0 Å². The molecular formula is C23H35N5O3S. The van der Waals surface area contributed by atoms with Crippen molar-refractivity contribution in [3.63, 3.8) is 0 Å². The minimum atomic E-state index is -0.484. The fourth-order valence-electron chi connectivity index (χ4n) is 3.73. The van der Waals surface area contributed by atoms with Crippen molar-refractivity contribution in [2.45, 2.75) is 65.4 Å². The molecule has 0 spiro atoms. The molecule has 8 nitrogen and oxygen atoms in total. The maximum Gasteiger partial charge on any atom is 0.407 e. The number of anilines is 1. The topological polar surface area (TPSA) is 87.7 Å². The monoisotopic (exact) mass is 461 g/mol. The first-order chi connectivity index (χ1) is 15.3. The van der Waals surface area contributed by atoms with E-state index < -0.39 is 5.60 Å². The van der Waals surface area contributed by atoms with Crippen LogP contribution in [0.15, 0.2) is 12.4 Å². The van der Waals surface area contributed by atoms with Crippen LogP contribution in [0.4, 0.5) is 10.6 Å². The van der Waals surface area contributed by atoms with Gasteiger partial charge in [-0.05, 0) is 46.1 Å². The molecule has 0 aromatic carbocycles. The van der Waals surface area contributed by atoms with Gasteiger partial charge in [-0.3, -0.25) is 4.79 Å². The summed E-state index contributed by atoms with van der Waals surface area (Å²) in [6.07, 6.45) is 5.37. The van der Waals surface area contributed by atoms with E-state index in [0.717, 1.165) is 67.9 Å². The number of thiophene rings is 1. The molecule has 1 N–H and O–H groups in total. The van der Waals surface area contributed by atoms with Crippen molar-refractivity contribution in [3.05, 3.63) is 17.3 Å². The number of unbranched alkanes of at least 4 members (excludes halogenated alkanes) is 2. The van der Waals surface area contributed by atoms with Crippen LogP contribution in [0.5, 0.6) is 0 Å². The van der Waals surface area contributed by atoms with E-state index in [1.807, 2.05) is 25.7 Å². The van der Waals surface area contributed by atoms with E-state index in [1.54, 1.807) is 17.7 Å². The molecule has 2 amide bonds. The number of carbonyl (C=O) groups is 2.